The van der Waals surface area contributed by atoms with E-state index >= 15 is 0 Å². The van der Waals surface area contributed by atoms with Gasteiger partial charge < -0.3 is 15.1 Å². The third-order valence-corrected chi connectivity index (χ3v) is 4.81. The summed E-state index contributed by atoms with van der Waals surface area (Å²) in [5.41, 5.74) is 1.56. The standard InChI is InChI=1S/C23H30N2O3/c1-4-6-11-18(5-2)16-24-23(27)21(15-19-12-9-14-28-19)25-22(26)20-13-8-7-10-17(20)3/h7-10,12-15,18H,4-6,11,16H2,1-3H3,(H,24,27)(H,25,26)/b21-15-. The van der Waals surface area contributed by atoms with Gasteiger partial charge in [-0.25, -0.2) is 0 Å². The molecule has 2 N–H and O–H groups in total. The number of rotatable bonds is 10. The van der Waals surface area contributed by atoms with Crippen molar-refractivity contribution in [2.45, 2.75) is 46.5 Å². The lowest BCUT2D eigenvalue weighted by molar-refractivity contribution is -0.117. The summed E-state index contributed by atoms with van der Waals surface area (Å²) in [5.74, 6) is 0.312. The van der Waals surface area contributed by atoms with Gasteiger partial charge in [0.25, 0.3) is 11.8 Å². The van der Waals surface area contributed by atoms with E-state index in [1.165, 1.54) is 6.26 Å². The van der Waals surface area contributed by atoms with Gasteiger partial charge in [0.1, 0.15) is 11.5 Å². The van der Waals surface area contributed by atoms with E-state index in [2.05, 4.69) is 24.5 Å². The minimum atomic E-state index is -0.316. The molecule has 1 atom stereocenters. The summed E-state index contributed by atoms with van der Waals surface area (Å²) in [5, 5.41) is 5.71. The SMILES string of the molecule is CCCCC(CC)CNC(=O)/C(=C/c1ccco1)NC(=O)c1ccccc1C. The molecule has 0 aliphatic rings. The smallest absolute Gasteiger partial charge is 0.267 e. The van der Waals surface area contributed by atoms with Crippen LogP contribution in [0.15, 0.2) is 52.8 Å². The van der Waals surface area contributed by atoms with Gasteiger partial charge in [0.05, 0.1) is 6.26 Å². The first-order chi connectivity index (χ1) is 13.5. The van der Waals surface area contributed by atoms with Crippen molar-refractivity contribution in [3.05, 3.63) is 65.2 Å². The number of aryl methyl sites for hydroxylation is 1. The summed E-state index contributed by atoms with van der Waals surface area (Å²) >= 11 is 0. The molecule has 0 bridgehead atoms. The molecule has 1 heterocycles. The van der Waals surface area contributed by atoms with Gasteiger partial charge in [-0.3, -0.25) is 9.59 Å². The van der Waals surface area contributed by atoms with E-state index in [-0.39, 0.29) is 17.5 Å². The van der Waals surface area contributed by atoms with Crippen LogP contribution in [0.25, 0.3) is 6.08 Å². The molecule has 2 rings (SSSR count). The van der Waals surface area contributed by atoms with Gasteiger partial charge in [-0.2, -0.15) is 0 Å². The molecule has 5 nitrogen and oxygen atoms in total. The quantitative estimate of drug-likeness (QED) is 0.586. The van der Waals surface area contributed by atoms with Gasteiger partial charge in [-0.15, -0.1) is 0 Å². The molecule has 1 unspecified atom stereocenters. The van der Waals surface area contributed by atoms with E-state index in [1.807, 2.05) is 19.1 Å². The number of carbonyl (C=O) groups is 2. The van der Waals surface area contributed by atoms with Crippen molar-refractivity contribution in [1.82, 2.24) is 10.6 Å². The van der Waals surface area contributed by atoms with E-state index in [1.54, 1.807) is 30.3 Å². The van der Waals surface area contributed by atoms with Crippen molar-refractivity contribution < 1.29 is 14.0 Å². The minimum Gasteiger partial charge on any atom is -0.465 e. The second-order valence-electron chi connectivity index (χ2n) is 6.97. The number of hydrogen-bond donors (Lipinski definition) is 2. The zero-order chi connectivity index (χ0) is 20.4. The summed E-state index contributed by atoms with van der Waals surface area (Å²) in [6, 6.07) is 10.8. The molecule has 2 amide bonds. The number of unbranched alkanes of at least 4 members (excludes halogenated alkanes) is 1. The second kappa shape index (κ2) is 11.1. The van der Waals surface area contributed by atoms with Crippen LogP contribution >= 0.6 is 0 Å². The Morgan fingerprint density at radius 2 is 1.93 bits per heavy atom. The van der Waals surface area contributed by atoms with Crippen molar-refractivity contribution in [2.24, 2.45) is 5.92 Å². The van der Waals surface area contributed by atoms with Crippen LogP contribution in [0.2, 0.25) is 0 Å². The average molecular weight is 383 g/mol. The predicted molar refractivity (Wildman–Crippen MR) is 112 cm³/mol. The first-order valence-corrected chi connectivity index (χ1v) is 9.95. The number of furan rings is 1. The Balaban J connectivity index is 2.12. The monoisotopic (exact) mass is 382 g/mol. The Kier molecular flexibility index (Phi) is 8.53. The van der Waals surface area contributed by atoms with Crippen LogP contribution in [0, 0.1) is 12.8 Å². The fourth-order valence-corrected chi connectivity index (χ4v) is 2.97. The molecule has 0 fully saturated rings. The molecule has 1 aromatic heterocycles. The van der Waals surface area contributed by atoms with Crippen LogP contribution in [0.1, 0.15) is 61.2 Å². The van der Waals surface area contributed by atoms with Crippen LogP contribution in [0.5, 0.6) is 0 Å². The van der Waals surface area contributed by atoms with Crippen LogP contribution < -0.4 is 10.6 Å². The van der Waals surface area contributed by atoms with Gasteiger partial charge in [0, 0.05) is 18.2 Å². The maximum Gasteiger partial charge on any atom is 0.267 e. The van der Waals surface area contributed by atoms with Gasteiger partial charge in [0.2, 0.25) is 0 Å². The lowest BCUT2D eigenvalue weighted by atomic mass is 9.99. The third-order valence-electron chi connectivity index (χ3n) is 4.81. The number of hydrogen-bond acceptors (Lipinski definition) is 3. The molecule has 5 heteroatoms. The van der Waals surface area contributed by atoms with E-state index < -0.39 is 0 Å². The van der Waals surface area contributed by atoms with Gasteiger partial charge >= 0.3 is 0 Å². The molecular formula is C23H30N2O3. The van der Waals surface area contributed by atoms with E-state index in [0.717, 1.165) is 31.2 Å². The molecular weight excluding hydrogens is 352 g/mol. The van der Waals surface area contributed by atoms with E-state index in [9.17, 15) is 9.59 Å². The van der Waals surface area contributed by atoms with Crippen molar-refractivity contribution in [3.63, 3.8) is 0 Å². The second-order valence-corrected chi connectivity index (χ2v) is 6.97. The van der Waals surface area contributed by atoms with Gasteiger partial charge in [-0.05, 0) is 43.0 Å². The highest BCUT2D eigenvalue weighted by atomic mass is 16.3. The largest absolute Gasteiger partial charge is 0.465 e. The Hall–Kier alpha value is -2.82. The fourth-order valence-electron chi connectivity index (χ4n) is 2.97. The minimum absolute atomic E-state index is 0.175. The Bertz CT molecular complexity index is 794. The predicted octanol–water partition coefficient (Wildman–Crippen LogP) is 4.69. The Morgan fingerprint density at radius 1 is 1.14 bits per heavy atom. The van der Waals surface area contributed by atoms with Crippen LogP contribution in [-0.4, -0.2) is 18.4 Å². The molecule has 0 aliphatic heterocycles. The maximum atomic E-state index is 12.8. The van der Waals surface area contributed by atoms with Crippen LogP contribution in [0.4, 0.5) is 0 Å². The normalized spacial score (nSPS) is 12.5. The van der Waals surface area contributed by atoms with Crippen molar-refractivity contribution in [3.8, 4) is 0 Å². The highest BCUT2D eigenvalue weighted by Crippen LogP contribution is 2.13. The summed E-state index contributed by atoms with van der Waals surface area (Å²) in [4.78, 5) is 25.5. The number of nitrogens with one attached hydrogen (secondary N) is 2. The number of amides is 2. The highest BCUT2D eigenvalue weighted by Gasteiger charge is 2.17. The maximum absolute atomic E-state index is 12.8. The molecule has 0 saturated carbocycles. The summed E-state index contributed by atoms with van der Waals surface area (Å²) in [6.45, 7) is 6.75. The Morgan fingerprint density at radius 3 is 2.57 bits per heavy atom. The molecule has 0 saturated heterocycles. The first-order valence-electron chi connectivity index (χ1n) is 9.95. The molecule has 28 heavy (non-hydrogen) atoms. The highest BCUT2D eigenvalue weighted by molar-refractivity contribution is 6.05. The zero-order valence-corrected chi connectivity index (χ0v) is 17.0. The van der Waals surface area contributed by atoms with Crippen molar-refractivity contribution in [2.75, 3.05) is 6.54 Å². The molecule has 0 spiro atoms. The summed E-state index contributed by atoms with van der Waals surface area (Å²) in [6.07, 6.45) is 7.46. The average Bonchev–Trinajstić information content (AvgIpc) is 3.21. The number of carbonyl (C=O) groups excluding carboxylic acids is 2. The molecule has 1 aromatic carbocycles. The summed E-state index contributed by atoms with van der Waals surface area (Å²) < 4.78 is 5.32. The van der Waals surface area contributed by atoms with Crippen LogP contribution in [-0.2, 0) is 4.79 Å². The summed E-state index contributed by atoms with van der Waals surface area (Å²) in [7, 11) is 0. The van der Waals surface area contributed by atoms with Gasteiger partial charge in [0.15, 0.2) is 0 Å². The van der Waals surface area contributed by atoms with Crippen LogP contribution in [0.3, 0.4) is 0 Å². The van der Waals surface area contributed by atoms with Crippen molar-refractivity contribution in [1.29, 1.82) is 0 Å². The fraction of sp³-hybridized carbons (Fsp3) is 0.391. The number of benzene rings is 1. The van der Waals surface area contributed by atoms with Crippen molar-refractivity contribution >= 4 is 17.9 Å². The first kappa shape index (κ1) is 21.5. The Labute approximate surface area is 167 Å². The van der Waals surface area contributed by atoms with E-state index in [4.69, 9.17) is 4.42 Å². The molecule has 0 aliphatic carbocycles. The molecule has 0 radical (unpaired) electrons. The lowest BCUT2D eigenvalue weighted by Gasteiger charge is -2.17. The molecule has 2 aromatic rings. The van der Waals surface area contributed by atoms with E-state index in [0.29, 0.717) is 23.8 Å². The third kappa shape index (κ3) is 6.41. The topological polar surface area (TPSA) is 71.3 Å². The lowest BCUT2D eigenvalue weighted by Crippen LogP contribution is -2.37. The zero-order valence-electron chi connectivity index (χ0n) is 17.0. The molecule has 150 valence electrons. The van der Waals surface area contributed by atoms with Gasteiger partial charge in [-0.1, -0.05) is 51.3 Å².